The number of carbonyl (C=O) groups excluding carboxylic acids is 1. The van der Waals surface area contributed by atoms with Crippen molar-refractivity contribution in [3.8, 4) is 5.75 Å². The van der Waals surface area contributed by atoms with E-state index in [4.69, 9.17) is 0 Å². The third kappa shape index (κ3) is 3.94. The van der Waals surface area contributed by atoms with Crippen LogP contribution in [0.3, 0.4) is 0 Å². The van der Waals surface area contributed by atoms with Gasteiger partial charge in [0.25, 0.3) is 5.91 Å². The molecule has 0 amide bonds. The van der Waals surface area contributed by atoms with Crippen molar-refractivity contribution in [2.24, 2.45) is 5.92 Å². The monoisotopic (exact) mass is 451 g/mol. The van der Waals surface area contributed by atoms with Gasteiger partial charge >= 0.3 is 12.1 Å². The van der Waals surface area contributed by atoms with Crippen LogP contribution in [0.25, 0.3) is 10.9 Å². The standard InChI is InChI=1S/C23H21F4NO4/c1-4-11(2)19(22(31)32)20-12(3)28(17-10-16(24)18(29)9-15(17)20)21(30)13-5-7-14(8-6-13)23(25,26)27/h5-11,19,29H,4H2,1-3H3,(H,31,32)/t11-,19?/m0/s1. The molecule has 32 heavy (non-hydrogen) atoms. The first-order valence-corrected chi connectivity index (χ1v) is 9.86. The van der Waals surface area contributed by atoms with E-state index in [-0.39, 0.29) is 33.6 Å². The first kappa shape index (κ1) is 23.3. The molecule has 1 heterocycles. The Balaban J connectivity index is 2.28. The van der Waals surface area contributed by atoms with Gasteiger partial charge in [0.05, 0.1) is 17.0 Å². The number of aromatic hydroxyl groups is 1. The van der Waals surface area contributed by atoms with Gasteiger partial charge in [0.15, 0.2) is 11.6 Å². The van der Waals surface area contributed by atoms with Gasteiger partial charge in [-0.15, -0.1) is 0 Å². The van der Waals surface area contributed by atoms with Crippen LogP contribution < -0.4 is 0 Å². The van der Waals surface area contributed by atoms with Gasteiger partial charge in [0, 0.05) is 22.7 Å². The second kappa shape index (κ2) is 8.29. The average molecular weight is 451 g/mol. The van der Waals surface area contributed by atoms with Gasteiger partial charge in [0.2, 0.25) is 0 Å². The van der Waals surface area contributed by atoms with Crippen molar-refractivity contribution in [2.45, 2.75) is 39.3 Å². The zero-order chi connectivity index (χ0) is 24.0. The van der Waals surface area contributed by atoms with Gasteiger partial charge in [-0.05, 0) is 48.7 Å². The minimum atomic E-state index is -4.57. The molecule has 0 fully saturated rings. The summed E-state index contributed by atoms with van der Waals surface area (Å²) < 4.78 is 53.9. The third-order valence-corrected chi connectivity index (χ3v) is 5.77. The summed E-state index contributed by atoms with van der Waals surface area (Å²) in [7, 11) is 0. The number of fused-ring (bicyclic) bond motifs is 1. The number of phenols is 1. The molecule has 0 bridgehead atoms. The topological polar surface area (TPSA) is 79.5 Å². The van der Waals surface area contributed by atoms with E-state index in [0.29, 0.717) is 6.42 Å². The number of halogens is 4. The highest BCUT2D eigenvalue weighted by Crippen LogP contribution is 2.39. The van der Waals surface area contributed by atoms with Gasteiger partial charge in [-0.3, -0.25) is 14.2 Å². The minimum absolute atomic E-state index is 0.0206. The molecule has 2 aromatic carbocycles. The molecule has 2 N–H and O–H groups in total. The van der Waals surface area contributed by atoms with E-state index in [1.165, 1.54) is 6.92 Å². The maximum atomic E-state index is 14.2. The minimum Gasteiger partial charge on any atom is -0.505 e. The lowest BCUT2D eigenvalue weighted by Gasteiger charge is -2.20. The SMILES string of the molecule is CC[C@H](C)C(C(=O)O)c1c(C)n(C(=O)c2ccc(C(F)(F)F)cc2)c2cc(F)c(O)cc12. The van der Waals surface area contributed by atoms with Crippen molar-refractivity contribution >= 4 is 22.8 Å². The van der Waals surface area contributed by atoms with Crippen molar-refractivity contribution in [3.05, 3.63) is 64.6 Å². The Morgan fingerprint density at radius 2 is 1.72 bits per heavy atom. The van der Waals surface area contributed by atoms with E-state index >= 15 is 0 Å². The van der Waals surface area contributed by atoms with E-state index in [1.807, 2.05) is 0 Å². The van der Waals surface area contributed by atoms with Crippen molar-refractivity contribution in [2.75, 3.05) is 0 Å². The van der Waals surface area contributed by atoms with E-state index in [1.54, 1.807) is 13.8 Å². The molecule has 1 aromatic heterocycles. The Morgan fingerprint density at radius 3 is 2.22 bits per heavy atom. The fraction of sp³-hybridized carbons (Fsp3) is 0.304. The van der Waals surface area contributed by atoms with Crippen molar-refractivity contribution in [1.29, 1.82) is 0 Å². The molecular weight excluding hydrogens is 430 g/mol. The van der Waals surface area contributed by atoms with Crippen LogP contribution in [0.2, 0.25) is 0 Å². The number of nitrogens with zero attached hydrogens (tertiary/aromatic N) is 1. The van der Waals surface area contributed by atoms with Crippen LogP contribution in [0.4, 0.5) is 17.6 Å². The van der Waals surface area contributed by atoms with Gasteiger partial charge in [-0.1, -0.05) is 20.3 Å². The van der Waals surface area contributed by atoms with Crippen LogP contribution >= 0.6 is 0 Å². The molecular formula is C23H21F4NO4. The largest absolute Gasteiger partial charge is 0.505 e. The van der Waals surface area contributed by atoms with Crippen LogP contribution in [0.15, 0.2) is 36.4 Å². The average Bonchev–Trinajstić information content (AvgIpc) is 2.98. The molecule has 5 nitrogen and oxygen atoms in total. The molecule has 0 aliphatic heterocycles. The summed E-state index contributed by atoms with van der Waals surface area (Å²) in [5.74, 6) is -5.00. The first-order chi connectivity index (χ1) is 14.9. The number of phenolic OH excluding ortho intramolecular Hbond substituents is 1. The maximum absolute atomic E-state index is 14.2. The molecule has 0 aliphatic carbocycles. The van der Waals surface area contributed by atoms with E-state index < -0.39 is 41.1 Å². The molecule has 0 spiro atoms. The highest BCUT2D eigenvalue weighted by molar-refractivity contribution is 6.05. The highest BCUT2D eigenvalue weighted by Gasteiger charge is 2.34. The normalized spacial score (nSPS) is 13.8. The Morgan fingerprint density at radius 1 is 1.12 bits per heavy atom. The predicted octanol–water partition coefficient (Wildman–Crippen LogP) is 5.72. The quantitative estimate of drug-likeness (QED) is 0.487. The number of aliphatic carboxylic acids is 1. The van der Waals surface area contributed by atoms with Gasteiger partial charge in [-0.25, -0.2) is 4.39 Å². The third-order valence-electron chi connectivity index (χ3n) is 5.77. The summed E-state index contributed by atoms with van der Waals surface area (Å²) in [5.41, 5.74) is -0.539. The van der Waals surface area contributed by atoms with Crippen LogP contribution in [0.1, 0.15) is 53.4 Å². The Hall–Kier alpha value is -3.36. The van der Waals surface area contributed by atoms with Crippen molar-refractivity contribution < 1.29 is 37.4 Å². The van der Waals surface area contributed by atoms with Crippen LogP contribution in [0, 0.1) is 18.7 Å². The zero-order valence-electron chi connectivity index (χ0n) is 17.5. The lowest BCUT2D eigenvalue weighted by Crippen LogP contribution is -2.21. The predicted molar refractivity (Wildman–Crippen MR) is 109 cm³/mol. The van der Waals surface area contributed by atoms with Gasteiger partial charge in [-0.2, -0.15) is 13.2 Å². The smallest absolute Gasteiger partial charge is 0.416 e. The van der Waals surface area contributed by atoms with Crippen LogP contribution in [-0.4, -0.2) is 26.7 Å². The number of carboxylic acids is 1. The summed E-state index contributed by atoms with van der Waals surface area (Å²) in [6.07, 6.45) is -4.07. The Labute approximate surface area is 180 Å². The molecule has 9 heteroatoms. The Bertz CT molecular complexity index is 1200. The molecule has 0 radical (unpaired) electrons. The van der Waals surface area contributed by atoms with Gasteiger partial charge < -0.3 is 10.2 Å². The maximum Gasteiger partial charge on any atom is 0.416 e. The summed E-state index contributed by atoms with van der Waals surface area (Å²) in [6, 6.07) is 5.54. The summed E-state index contributed by atoms with van der Waals surface area (Å²) in [5, 5.41) is 20.0. The first-order valence-electron chi connectivity index (χ1n) is 9.86. The van der Waals surface area contributed by atoms with Crippen LogP contribution in [-0.2, 0) is 11.0 Å². The number of carbonyl (C=O) groups is 2. The summed E-state index contributed by atoms with van der Waals surface area (Å²) in [4.78, 5) is 25.3. The molecule has 0 saturated carbocycles. The lowest BCUT2D eigenvalue weighted by atomic mass is 9.84. The molecule has 0 saturated heterocycles. The number of carboxylic acid groups (broad SMARTS) is 1. The number of hydrogen-bond donors (Lipinski definition) is 2. The number of aromatic nitrogens is 1. The molecule has 170 valence electrons. The zero-order valence-corrected chi connectivity index (χ0v) is 17.5. The molecule has 3 rings (SSSR count). The Kier molecular flexibility index (Phi) is 6.04. The van der Waals surface area contributed by atoms with Crippen LogP contribution in [0.5, 0.6) is 5.75 Å². The van der Waals surface area contributed by atoms with E-state index in [2.05, 4.69) is 0 Å². The lowest BCUT2D eigenvalue weighted by molar-refractivity contribution is -0.140. The van der Waals surface area contributed by atoms with Crippen molar-refractivity contribution in [1.82, 2.24) is 4.57 Å². The van der Waals surface area contributed by atoms with E-state index in [9.17, 15) is 37.4 Å². The number of alkyl halides is 3. The fourth-order valence-corrected chi connectivity index (χ4v) is 3.92. The summed E-state index contributed by atoms with van der Waals surface area (Å²) in [6.45, 7) is 5.02. The van der Waals surface area contributed by atoms with Crippen molar-refractivity contribution in [3.63, 3.8) is 0 Å². The number of hydrogen-bond acceptors (Lipinski definition) is 3. The highest BCUT2D eigenvalue weighted by atomic mass is 19.4. The summed E-state index contributed by atoms with van der Waals surface area (Å²) >= 11 is 0. The second-order valence-electron chi connectivity index (χ2n) is 7.74. The molecule has 0 aliphatic rings. The van der Waals surface area contributed by atoms with Gasteiger partial charge in [0.1, 0.15) is 0 Å². The second-order valence-corrected chi connectivity index (χ2v) is 7.74. The fourth-order valence-electron chi connectivity index (χ4n) is 3.92. The van der Waals surface area contributed by atoms with E-state index in [0.717, 1.165) is 41.0 Å². The molecule has 3 aromatic rings. The number of benzene rings is 2. The molecule has 2 atom stereocenters. The molecule has 1 unspecified atom stereocenters. The number of rotatable bonds is 5.